The molecule has 2 saturated carbocycles. The molecule has 4 fully saturated rings. The molecule has 2 bridgehead atoms. The summed E-state index contributed by atoms with van der Waals surface area (Å²) in [6.45, 7) is 4.54. The molecule has 18 heavy (non-hydrogen) atoms. The summed E-state index contributed by atoms with van der Waals surface area (Å²) in [5, 5.41) is 0. The zero-order chi connectivity index (χ0) is 12.2. The zero-order valence-corrected chi connectivity index (χ0v) is 11.2. The van der Waals surface area contributed by atoms with Gasteiger partial charge >= 0.3 is 0 Å². The Balaban J connectivity index is 1.48. The predicted octanol–water partition coefficient (Wildman–Crippen LogP) is 1.73. The predicted molar refractivity (Wildman–Crippen MR) is 70.1 cm³/mol. The van der Waals surface area contributed by atoms with E-state index in [1.165, 1.54) is 51.6 Å². The second kappa shape index (κ2) is 3.96. The molecule has 100 valence electrons. The lowest BCUT2D eigenvalue weighted by Gasteiger charge is -2.48. The SMILES string of the molecule is O=CN1CC2CC(C1)CN(C13CCCCC1C3)C2. The van der Waals surface area contributed by atoms with E-state index in [0.717, 1.165) is 37.3 Å². The van der Waals surface area contributed by atoms with Gasteiger partial charge in [0.15, 0.2) is 0 Å². The van der Waals surface area contributed by atoms with Crippen LogP contribution in [0.1, 0.15) is 38.5 Å². The smallest absolute Gasteiger partial charge is 0.209 e. The standard InChI is InChI=1S/C15H24N2O/c18-11-16-7-12-5-13(8-16)10-17(9-12)15-4-2-1-3-14(15)6-15/h11-14H,1-10H2. The fourth-order valence-electron chi connectivity index (χ4n) is 5.18. The fraction of sp³-hybridized carbons (Fsp3) is 0.933. The van der Waals surface area contributed by atoms with E-state index < -0.39 is 0 Å². The Morgan fingerprint density at radius 3 is 2.50 bits per heavy atom. The lowest BCUT2D eigenvalue weighted by molar-refractivity contribution is -0.123. The third-order valence-electron chi connectivity index (χ3n) is 6.00. The van der Waals surface area contributed by atoms with Crippen LogP contribution in [0, 0.1) is 17.8 Å². The van der Waals surface area contributed by atoms with Gasteiger partial charge in [-0.15, -0.1) is 0 Å². The number of nitrogens with zero attached hydrogens (tertiary/aromatic N) is 2. The zero-order valence-electron chi connectivity index (χ0n) is 11.2. The topological polar surface area (TPSA) is 23.6 Å². The van der Waals surface area contributed by atoms with E-state index in [-0.39, 0.29) is 0 Å². The summed E-state index contributed by atoms with van der Waals surface area (Å²) in [7, 11) is 0. The van der Waals surface area contributed by atoms with Crippen molar-refractivity contribution < 1.29 is 4.79 Å². The first kappa shape index (κ1) is 11.3. The summed E-state index contributed by atoms with van der Waals surface area (Å²) in [6.07, 6.45) is 9.74. The number of rotatable bonds is 2. The van der Waals surface area contributed by atoms with Crippen molar-refractivity contribution in [3.8, 4) is 0 Å². The van der Waals surface area contributed by atoms with Crippen LogP contribution in [0.4, 0.5) is 0 Å². The van der Waals surface area contributed by atoms with Gasteiger partial charge in [0.25, 0.3) is 0 Å². The van der Waals surface area contributed by atoms with Gasteiger partial charge < -0.3 is 4.90 Å². The summed E-state index contributed by atoms with van der Waals surface area (Å²) in [6, 6.07) is 0. The van der Waals surface area contributed by atoms with E-state index in [4.69, 9.17) is 0 Å². The summed E-state index contributed by atoms with van der Waals surface area (Å²) < 4.78 is 0. The van der Waals surface area contributed by atoms with Crippen molar-refractivity contribution in [3.05, 3.63) is 0 Å². The number of carbonyl (C=O) groups excluding carboxylic acids is 1. The van der Waals surface area contributed by atoms with Gasteiger partial charge in [0.2, 0.25) is 6.41 Å². The number of piperidine rings is 2. The molecule has 0 N–H and O–H groups in total. The van der Waals surface area contributed by atoms with Crippen LogP contribution in [0.3, 0.4) is 0 Å². The summed E-state index contributed by atoms with van der Waals surface area (Å²) >= 11 is 0. The largest absolute Gasteiger partial charge is 0.345 e. The molecule has 0 radical (unpaired) electrons. The number of likely N-dealkylation sites (tertiary alicyclic amines) is 2. The summed E-state index contributed by atoms with van der Waals surface area (Å²) in [5.74, 6) is 2.52. The maximum absolute atomic E-state index is 11.0. The van der Waals surface area contributed by atoms with Gasteiger partial charge in [-0.3, -0.25) is 9.69 Å². The molecule has 3 nitrogen and oxygen atoms in total. The van der Waals surface area contributed by atoms with Crippen LogP contribution in [0.25, 0.3) is 0 Å². The Hall–Kier alpha value is -0.570. The number of hydrogen-bond acceptors (Lipinski definition) is 2. The van der Waals surface area contributed by atoms with Gasteiger partial charge in [-0.25, -0.2) is 0 Å². The van der Waals surface area contributed by atoms with Crippen LogP contribution in [0.15, 0.2) is 0 Å². The molecule has 2 aliphatic carbocycles. The molecule has 2 aliphatic heterocycles. The molecule has 4 aliphatic rings. The van der Waals surface area contributed by atoms with Crippen LogP contribution in [0.5, 0.6) is 0 Å². The van der Waals surface area contributed by atoms with Crippen molar-refractivity contribution in [1.82, 2.24) is 9.80 Å². The molecule has 4 rings (SSSR count). The highest BCUT2D eigenvalue weighted by Gasteiger charge is 2.59. The van der Waals surface area contributed by atoms with E-state index in [0.29, 0.717) is 5.54 Å². The van der Waals surface area contributed by atoms with E-state index in [1.807, 2.05) is 4.90 Å². The second-order valence-corrected chi connectivity index (χ2v) is 7.18. The third-order valence-corrected chi connectivity index (χ3v) is 6.00. The number of amides is 1. The maximum Gasteiger partial charge on any atom is 0.209 e. The van der Waals surface area contributed by atoms with Gasteiger partial charge in [0.1, 0.15) is 0 Å². The highest BCUT2D eigenvalue weighted by molar-refractivity contribution is 5.47. The first-order valence-corrected chi connectivity index (χ1v) is 7.74. The molecule has 0 aromatic heterocycles. The molecule has 2 saturated heterocycles. The number of hydrogen-bond donors (Lipinski definition) is 0. The van der Waals surface area contributed by atoms with E-state index >= 15 is 0 Å². The van der Waals surface area contributed by atoms with E-state index in [1.54, 1.807) is 0 Å². The Morgan fingerprint density at radius 2 is 1.83 bits per heavy atom. The van der Waals surface area contributed by atoms with Crippen molar-refractivity contribution in [3.63, 3.8) is 0 Å². The van der Waals surface area contributed by atoms with Gasteiger partial charge in [-0.2, -0.15) is 0 Å². The summed E-state index contributed by atoms with van der Waals surface area (Å²) in [4.78, 5) is 15.8. The van der Waals surface area contributed by atoms with Gasteiger partial charge in [0, 0.05) is 31.7 Å². The Morgan fingerprint density at radius 1 is 1.06 bits per heavy atom. The summed E-state index contributed by atoms with van der Waals surface area (Å²) in [5.41, 5.74) is 0.624. The van der Waals surface area contributed by atoms with Gasteiger partial charge in [-0.05, 0) is 43.4 Å². The molecule has 0 spiro atoms. The van der Waals surface area contributed by atoms with Crippen LogP contribution >= 0.6 is 0 Å². The minimum absolute atomic E-state index is 0.624. The van der Waals surface area contributed by atoms with Crippen LogP contribution in [0.2, 0.25) is 0 Å². The van der Waals surface area contributed by atoms with Gasteiger partial charge in [0.05, 0.1) is 0 Å². The minimum atomic E-state index is 0.624. The first-order chi connectivity index (χ1) is 8.80. The fourth-order valence-corrected chi connectivity index (χ4v) is 5.18. The van der Waals surface area contributed by atoms with Gasteiger partial charge in [-0.1, -0.05) is 12.8 Å². The highest BCUT2D eigenvalue weighted by atomic mass is 16.1. The van der Waals surface area contributed by atoms with E-state index in [2.05, 4.69) is 4.90 Å². The Labute approximate surface area is 110 Å². The van der Waals surface area contributed by atoms with Crippen molar-refractivity contribution in [2.45, 2.75) is 44.1 Å². The van der Waals surface area contributed by atoms with E-state index in [9.17, 15) is 4.79 Å². The van der Waals surface area contributed by atoms with Crippen molar-refractivity contribution in [2.75, 3.05) is 26.2 Å². The molecule has 4 unspecified atom stereocenters. The molecule has 2 heterocycles. The lowest BCUT2D eigenvalue weighted by atomic mass is 9.82. The maximum atomic E-state index is 11.0. The molecule has 3 heteroatoms. The average molecular weight is 248 g/mol. The lowest BCUT2D eigenvalue weighted by Crippen LogP contribution is -2.56. The van der Waals surface area contributed by atoms with Crippen molar-refractivity contribution >= 4 is 6.41 Å². The molecular formula is C15H24N2O. The highest BCUT2D eigenvalue weighted by Crippen LogP contribution is 2.58. The molecule has 1 amide bonds. The third kappa shape index (κ3) is 1.63. The average Bonchev–Trinajstić information content (AvgIpc) is 3.13. The van der Waals surface area contributed by atoms with Crippen LogP contribution < -0.4 is 0 Å². The monoisotopic (exact) mass is 248 g/mol. The minimum Gasteiger partial charge on any atom is -0.345 e. The normalized spacial score (nSPS) is 47.6. The molecule has 4 atom stereocenters. The molecule has 0 aromatic rings. The van der Waals surface area contributed by atoms with Crippen LogP contribution in [-0.2, 0) is 4.79 Å². The van der Waals surface area contributed by atoms with Crippen LogP contribution in [-0.4, -0.2) is 47.9 Å². The quantitative estimate of drug-likeness (QED) is 0.695. The Kier molecular flexibility index (Phi) is 2.48. The first-order valence-electron chi connectivity index (χ1n) is 7.74. The van der Waals surface area contributed by atoms with Crippen molar-refractivity contribution in [2.24, 2.45) is 17.8 Å². The molecular weight excluding hydrogens is 224 g/mol. The van der Waals surface area contributed by atoms with Crippen molar-refractivity contribution in [1.29, 1.82) is 0 Å². The number of carbonyl (C=O) groups is 1. The second-order valence-electron chi connectivity index (χ2n) is 7.18. The Bertz CT molecular complexity index is 344. The number of fused-ring (bicyclic) bond motifs is 3. The molecule has 0 aromatic carbocycles.